The van der Waals surface area contributed by atoms with E-state index in [0.717, 1.165) is 16.8 Å². The summed E-state index contributed by atoms with van der Waals surface area (Å²) in [4.78, 5) is 0. The van der Waals surface area contributed by atoms with Crippen LogP contribution in [0.2, 0.25) is 5.02 Å². The Kier molecular flexibility index (Phi) is 5.68. The SMILES string of the molecule is Cc1cc(Oc2cc(Br)ccc2Cl)ccc1CNC(C)C. The minimum Gasteiger partial charge on any atom is -0.456 e. The van der Waals surface area contributed by atoms with Gasteiger partial charge in [-0.05, 0) is 48.4 Å². The van der Waals surface area contributed by atoms with Gasteiger partial charge in [-0.2, -0.15) is 0 Å². The Morgan fingerprint density at radius 3 is 2.62 bits per heavy atom. The molecule has 0 saturated carbocycles. The van der Waals surface area contributed by atoms with Gasteiger partial charge < -0.3 is 10.1 Å². The van der Waals surface area contributed by atoms with E-state index in [2.05, 4.69) is 48.1 Å². The number of halogens is 2. The van der Waals surface area contributed by atoms with E-state index in [-0.39, 0.29) is 0 Å². The molecule has 0 heterocycles. The van der Waals surface area contributed by atoms with Gasteiger partial charge in [-0.1, -0.05) is 47.4 Å². The van der Waals surface area contributed by atoms with Gasteiger partial charge in [0.25, 0.3) is 0 Å². The van der Waals surface area contributed by atoms with Crippen molar-refractivity contribution >= 4 is 27.5 Å². The van der Waals surface area contributed by atoms with Gasteiger partial charge in [0.15, 0.2) is 0 Å². The van der Waals surface area contributed by atoms with E-state index >= 15 is 0 Å². The summed E-state index contributed by atoms with van der Waals surface area (Å²) in [5.41, 5.74) is 2.48. The average molecular weight is 369 g/mol. The van der Waals surface area contributed by atoms with Gasteiger partial charge in [0.05, 0.1) is 5.02 Å². The largest absolute Gasteiger partial charge is 0.456 e. The van der Waals surface area contributed by atoms with Crippen molar-refractivity contribution in [3.63, 3.8) is 0 Å². The molecule has 2 rings (SSSR count). The van der Waals surface area contributed by atoms with Crippen LogP contribution in [0.5, 0.6) is 11.5 Å². The summed E-state index contributed by atoms with van der Waals surface area (Å²) >= 11 is 9.57. The predicted molar refractivity (Wildman–Crippen MR) is 92.4 cm³/mol. The van der Waals surface area contributed by atoms with Crippen LogP contribution in [0.3, 0.4) is 0 Å². The van der Waals surface area contributed by atoms with Crippen LogP contribution in [0, 0.1) is 6.92 Å². The molecule has 0 saturated heterocycles. The molecular formula is C17H19BrClNO. The van der Waals surface area contributed by atoms with E-state index in [1.807, 2.05) is 30.3 Å². The fourth-order valence-corrected chi connectivity index (χ4v) is 2.42. The highest BCUT2D eigenvalue weighted by Gasteiger charge is 2.06. The van der Waals surface area contributed by atoms with Crippen LogP contribution in [0.25, 0.3) is 0 Å². The van der Waals surface area contributed by atoms with Crippen molar-refractivity contribution in [1.29, 1.82) is 0 Å². The molecule has 2 aromatic carbocycles. The van der Waals surface area contributed by atoms with Crippen molar-refractivity contribution in [1.82, 2.24) is 5.32 Å². The zero-order valence-corrected chi connectivity index (χ0v) is 14.8. The third-order valence-electron chi connectivity index (χ3n) is 3.14. The second-order valence-electron chi connectivity index (χ2n) is 5.30. The highest BCUT2D eigenvalue weighted by Crippen LogP contribution is 2.32. The first-order valence-corrected chi connectivity index (χ1v) is 8.08. The summed E-state index contributed by atoms with van der Waals surface area (Å²) in [5.74, 6) is 1.44. The lowest BCUT2D eigenvalue weighted by atomic mass is 10.1. The molecule has 0 amide bonds. The number of ether oxygens (including phenoxy) is 1. The molecule has 112 valence electrons. The molecule has 0 aliphatic carbocycles. The van der Waals surface area contributed by atoms with Crippen molar-refractivity contribution in [2.75, 3.05) is 0 Å². The maximum absolute atomic E-state index is 6.15. The fraction of sp³-hybridized carbons (Fsp3) is 0.294. The Labute approximate surface area is 139 Å². The molecule has 2 nitrogen and oxygen atoms in total. The molecule has 21 heavy (non-hydrogen) atoms. The van der Waals surface area contributed by atoms with Gasteiger partial charge in [-0.3, -0.25) is 0 Å². The molecule has 4 heteroatoms. The first-order chi connectivity index (χ1) is 9.95. The number of hydrogen-bond donors (Lipinski definition) is 1. The first kappa shape index (κ1) is 16.3. The molecule has 1 N–H and O–H groups in total. The van der Waals surface area contributed by atoms with E-state index in [4.69, 9.17) is 16.3 Å². The lowest BCUT2D eigenvalue weighted by Gasteiger charge is -2.13. The molecule has 0 fully saturated rings. The van der Waals surface area contributed by atoms with Crippen LogP contribution >= 0.6 is 27.5 Å². The number of benzene rings is 2. The average Bonchev–Trinajstić information content (AvgIpc) is 2.42. The predicted octanol–water partition coefficient (Wildman–Crippen LogP) is 5.70. The van der Waals surface area contributed by atoms with Crippen LogP contribution in [0.4, 0.5) is 0 Å². The van der Waals surface area contributed by atoms with Crippen molar-refractivity contribution < 1.29 is 4.74 Å². The quantitative estimate of drug-likeness (QED) is 0.730. The molecule has 2 aromatic rings. The van der Waals surface area contributed by atoms with Gasteiger partial charge >= 0.3 is 0 Å². The highest BCUT2D eigenvalue weighted by molar-refractivity contribution is 9.10. The van der Waals surface area contributed by atoms with Gasteiger partial charge in [0.2, 0.25) is 0 Å². The Hall–Kier alpha value is -1.03. The second kappa shape index (κ2) is 7.30. The minimum atomic E-state index is 0.473. The Balaban J connectivity index is 2.14. The zero-order chi connectivity index (χ0) is 15.4. The van der Waals surface area contributed by atoms with Crippen LogP contribution in [0.1, 0.15) is 25.0 Å². The van der Waals surface area contributed by atoms with E-state index in [1.54, 1.807) is 0 Å². The van der Waals surface area contributed by atoms with Gasteiger partial charge in [-0.15, -0.1) is 0 Å². The van der Waals surface area contributed by atoms with Gasteiger partial charge in [0, 0.05) is 17.1 Å². The Bertz CT molecular complexity index is 628. The molecular weight excluding hydrogens is 350 g/mol. The summed E-state index contributed by atoms with van der Waals surface area (Å²) in [5, 5.41) is 4.02. The van der Waals surface area contributed by atoms with Crippen LogP contribution in [-0.2, 0) is 6.54 Å². The van der Waals surface area contributed by atoms with Crippen LogP contribution in [0.15, 0.2) is 40.9 Å². The number of hydrogen-bond acceptors (Lipinski definition) is 2. The molecule has 0 atom stereocenters. The first-order valence-electron chi connectivity index (χ1n) is 6.91. The third-order valence-corrected chi connectivity index (χ3v) is 3.94. The second-order valence-corrected chi connectivity index (χ2v) is 6.62. The Morgan fingerprint density at radius 1 is 1.19 bits per heavy atom. The van der Waals surface area contributed by atoms with Gasteiger partial charge in [0.1, 0.15) is 11.5 Å². The van der Waals surface area contributed by atoms with E-state index < -0.39 is 0 Å². The Morgan fingerprint density at radius 2 is 1.95 bits per heavy atom. The fourth-order valence-electron chi connectivity index (χ4n) is 1.93. The van der Waals surface area contributed by atoms with Crippen LogP contribution in [-0.4, -0.2) is 6.04 Å². The summed E-state index contributed by atoms with van der Waals surface area (Å²) in [6, 6.07) is 12.1. The normalized spacial score (nSPS) is 11.0. The smallest absolute Gasteiger partial charge is 0.147 e. The van der Waals surface area contributed by atoms with Crippen LogP contribution < -0.4 is 10.1 Å². The maximum atomic E-state index is 6.15. The topological polar surface area (TPSA) is 21.3 Å². The zero-order valence-electron chi connectivity index (χ0n) is 12.4. The molecule has 0 bridgehead atoms. The van der Waals surface area contributed by atoms with E-state index in [1.165, 1.54) is 11.1 Å². The number of nitrogens with one attached hydrogen (secondary N) is 1. The minimum absolute atomic E-state index is 0.473. The maximum Gasteiger partial charge on any atom is 0.147 e. The van der Waals surface area contributed by atoms with Crippen molar-refractivity contribution in [2.45, 2.75) is 33.4 Å². The summed E-state index contributed by atoms with van der Waals surface area (Å²) in [7, 11) is 0. The van der Waals surface area contributed by atoms with Crippen molar-refractivity contribution in [3.8, 4) is 11.5 Å². The van der Waals surface area contributed by atoms with E-state index in [0.29, 0.717) is 16.8 Å². The standard InChI is InChI=1S/C17H19BrClNO/c1-11(2)20-10-13-4-6-15(8-12(13)3)21-17-9-14(18)5-7-16(17)19/h4-9,11,20H,10H2,1-3H3. The lowest BCUT2D eigenvalue weighted by Crippen LogP contribution is -2.22. The molecule has 0 unspecified atom stereocenters. The molecule has 0 spiro atoms. The number of aryl methyl sites for hydroxylation is 1. The van der Waals surface area contributed by atoms with Gasteiger partial charge in [-0.25, -0.2) is 0 Å². The lowest BCUT2D eigenvalue weighted by molar-refractivity contribution is 0.481. The third kappa shape index (κ3) is 4.73. The summed E-state index contributed by atoms with van der Waals surface area (Å²) < 4.78 is 6.81. The molecule has 0 aliphatic heterocycles. The van der Waals surface area contributed by atoms with E-state index in [9.17, 15) is 0 Å². The van der Waals surface area contributed by atoms with Crippen molar-refractivity contribution in [2.24, 2.45) is 0 Å². The molecule has 0 radical (unpaired) electrons. The number of rotatable bonds is 5. The summed E-state index contributed by atoms with van der Waals surface area (Å²) in [6.07, 6.45) is 0. The van der Waals surface area contributed by atoms with Crippen molar-refractivity contribution in [3.05, 3.63) is 57.0 Å². The highest BCUT2D eigenvalue weighted by atomic mass is 79.9. The summed E-state index contributed by atoms with van der Waals surface area (Å²) in [6.45, 7) is 7.23. The molecule has 0 aromatic heterocycles. The molecule has 0 aliphatic rings. The monoisotopic (exact) mass is 367 g/mol.